The molecule has 2 N–H and O–H groups in total. The second kappa shape index (κ2) is 5.88. The molecule has 0 fully saturated rings. The summed E-state index contributed by atoms with van der Waals surface area (Å²) in [6.45, 7) is 3.36. The maximum atomic E-state index is 13.6. The van der Waals surface area contributed by atoms with Crippen LogP contribution in [0.1, 0.15) is 24.1 Å². The van der Waals surface area contributed by atoms with Gasteiger partial charge in [0, 0.05) is 23.7 Å². The van der Waals surface area contributed by atoms with E-state index < -0.39 is 11.0 Å². The number of ether oxygens (including phenoxy) is 1. The molecule has 1 atom stereocenters. The van der Waals surface area contributed by atoms with Gasteiger partial charge in [-0.15, -0.1) is 0 Å². The van der Waals surface area contributed by atoms with Crippen molar-refractivity contribution >= 4 is 5.69 Å². The van der Waals surface area contributed by atoms with Gasteiger partial charge in [-0.25, -0.2) is 4.39 Å². The molecule has 0 saturated carbocycles. The number of nitrogens with two attached hydrogens (primary N) is 1. The molecule has 21 heavy (non-hydrogen) atoms. The molecule has 0 heterocycles. The SMILES string of the molecule is Cc1cc(Oc2ccc([N+](=O)[O-])cc2)c([C@@H](C)N)cc1F. The molecule has 0 aliphatic heterocycles. The maximum absolute atomic E-state index is 13.6. The summed E-state index contributed by atoms with van der Waals surface area (Å²) in [5.74, 6) is 0.518. The summed E-state index contributed by atoms with van der Waals surface area (Å²) in [5.41, 5.74) is 6.77. The second-order valence-electron chi connectivity index (χ2n) is 4.78. The van der Waals surface area contributed by atoms with E-state index in [0.717, 1.165) is 0 Å². The molecule has 0 aliphatic rings. The Bertz CT molecular complexity index is 669. The number of rotatable bonds is 4. The summed E-state index contributed by atoms with van der Waals surface area (Å²) in [6, 6.07) is 8.18. The quantitative estimate of drug-likeness (QED) is 0.685. The molecule has 0 aromatic heterocycles. The summed E-state index contributed by atoms with van der Waals surface area (Å²) < 4.78 is 19.3. The number of halogens is 1. The molecule has 0 amide bonds. The summed E-state index contributed by atoms with van der Waals surface area (Å²) in [4.78, 5) is 10.1. The van der Waals surface area contributed by atoms with E-state index >= 15 is 0 Å². The fourth-order valence-electron chi connectivity index (χ4n) is 1.88. The Balaban J connectivity index is 2.34. The summed E-state index contributed by atoms with van der Waals surface area (Å²) >= 11 is 0. The number of nitro benzene ring substituents is 1. The normalized spacial score (nSPS) is 12.0. The van der Waals surface area contributed by atoms with E-state index in [-0.39, 0.29) is 11.5 Å². The van der Waals surface area contributed by atoms with Crippen LogP contribution < -0.4 is 10.5 Å². The monoisotopic (exact) mass is 290 g/mol. The summed E-state index contributed by atoms with van der Waals surface area (Å²) in [6.07, 6.45) is 0. The molecular formula is C15H15FN2O3. The lowest BCUT2D eigenvalue weighted by Crippen LogP contribution is -2.08. The Morgan fingerprint density at radius 2 is 1.90 bits per heavy atom. The maximum Gasteiger partial charge on any atom is 0.269 e. The molecule has 0 radical (unpaired) electrons. The minimum atomic E-state index is -0.487. The predicted molar refractivity (Wildman–Crippen MR) is 76.9 cm³/mol. The molecule has 6 heteroatoms. The minimum Gasteiger partial charge on any atom is -0.457 e. The predicted octanol–water partition coefficient (Wildman–Crippen LogP) is 3.85. The number of hydrogen-bond donors (Lipinski definition) is 1. The van der Waals surface area contributed by atoms with Gasteiger partial charge in [0.1, 0.15) is 17.3 Å². The van der Waals surface area contributed by atoms with Crippen LogP contribution in [0.2, 0.25) is 0 Å². The van der Waals surface area contributed by atoms with Crippen molar-refractivity contribution in [3.05, 3.63) is 63.5 Å². The number of nitro groups is 1. The number of benzene rings is 2. The fourth-order valence-corrected chi connectivity index (χ4v) is 1.88. The molecule has 2 rings (SSSR count). The van der Waals surface area contributed by atoms with E-state index in [4.69, 9.17) is 10.5 Å². The highest BCUT2D eigenvalue weighted by Crippen LogP contribution is 2.31. The third-order valence-electron chi connectivity index (χ3n) is 3.06. The zero-order chi connectivity index (χ0) is 15.6. The molecule has 0 spiro atoms. The lowest BCUT2D eigenvalue weighted by atomic mass is 10.1. The van der Waals surface area contributed by atoms with E-state index in [0.29, 0.717) is 22.6 Å². The highest BCUT2D eigenvalue weighted by Gasteiger charge is 2.13. The first kappa shape index (κ1) is 14.9. The van der Waals surface area contributed by atoms with Crippen LogP contribution in [0, 0.1) is 22.9 Å². The van der Waals surface area contributed by atoms with E-state index in [1.165, 1.54) is 30.3 Å². The van der Waals surface area contributed by atoms with Crippen LogP contribution in [0.15, 0.2) is 36.4 Å². The van der Waals surface area contributed by atoms with Gasteiger partial charge in [-0.05, 0) is 43.7 Å². The first-order valence-electron chi connectivity index (χ1n) is 6.36. The van der Waals surface area contributed by atoms with Gasteiger partial charge in [-0.3, -0.25) is 10.1 Å². The molecule has 5 nitrogen and oxygen atoms in total. The highest BCUT2D eigenvalue weighted by molar-refractivity contribution is 5.44. The van der Waals surface area contributed by atoms with Crippen molar-refractivity contribution in [1.29, 1.82) is 0 Å². The fraction of sp³-hybridized carbons (Fsp3) is 0.200. The van der Waals surface area contributed by atoms with Crippen molar-refractivity contribution in [2.45, 2.75) is 19.9 Å². The van der Waals surface area contributed by atoms with E-state index in [1.54, 1.807) is 19.9 Å². The number of hydrogen-bond acceptors (Lipinski definition) is 4. The Kier molecular flexibility index (Phi) is 4.18. The molecule has 2 aromatic rings. The van der Waals surface area contributed by atoms with Crippen molar-refractivity contribution in [3.8, 4) is 11.5 Å². The minimum absolute atomic E-state index is 0.0231. The van der Waals surface area contributed by atoms with Crippen LogP contribution in [0.4, 0.5) is 10.1 Å². The van der Waals surface area contributed by atoms with E-state index in [2.05, 4.69) is 0 Å². The Hall–Kier alpha value is -2.47. The number of nitrogens with zero attached hydrogens (tertiary/aromatic N) is 1. The first-order valence-corrected chi connectivity index (χ1v) is 6.36. The number of aryl methyl sites for hydroxylation is 1. The van der Waals surface area contributed by atoms with Crippen molar-refractivity contribution in [2.75, 3.05) is 0 Å². The average Bonchev–Trinajstić information content (AvgIpc) is 2.43. The van der Waals surface area contributed by atoms with Crippen LogP contribution in [0.25, 0.3) is 0 Å². The Labute approximate surface area is 121 Å². The average molecular weight is 290 g/mol. The summed E-state index contributed by atoms with van der Waals surface area (Å²) in [5, 5.41) is 10.6. The molecule has 2 aromatic carbocycles. The van der Waals surface area contributed by atoms with Gasteiger partial charge >= 0.3 is 0 Å². The first-order chi connectivity index (χ1) is 9.88. The highest BCUT2D eigenvalue weighted by atomic mass is 19.1. The van der Waals surface area contributed by atoms with Crippen LogP contribution >= 0.6 is 0 Å². The second-order valence-corrected chi connectivity index (χ2v) is 4.78. The van der Waals surface area contributed by atoms with E-state index in [1.807, 2.05) is 0 Å². The van der Waals surface area contributed by atoms with Crippen molar-refractivity contribution in [2.24, 2.45) is 5.73 Å². The van der Waals surface area contributed by atoms with Crippen molar-refractivity contribution in [1.82, 2.24) is 0 Å². The van der Waals surface area contributed by atoms with Crippen molar-refractivity contribution < 1.29 is 14.1 Å². The lowest BCUT2D eigenvalue weighted by molar-refractivity contribution is -0.384. The zero-order valence-electron chi connectivity index (χ0n) is 11.7. The van der Waals surface area contributed by atoms with Crippen LogP contribution in [-0.2, 0) is 0 Å². The van der Waals surface area contributed by atoms with Gasteiger partial charge in [0.15, 0.2) is 0 Å². The van der Waals surface area contributed by atoms with Gasteiger partial charge in [-0.1, -0.05) is 0 Å². The smallest absolute Gasteiger partial charge is 0.269 e. The molecule has 110 valence electrons. The summed E-state index contributed by atoms with van der Waals surface area (Å²) in [7, 11) is 0. The lowest BCUT2D eigenvalue weighted by Gasteiger charge is -2.15. The molecular weight excluding hydrogens is 275 g/mol. The van der Waals surface area contributed by atoms with Crippen LogP contribution in [0.3, 0.4) is 0 Å². The largest absolute Gasteiger partial charge is 0.457 e. The Morgan fingerprint density at radius 3 is 2.43 bits per heavy atom. The van der Waals surface area contributed by atoms with Crippen LogP contribution in [0.5, 0.6) is 11.5 Å². The van der Waals surface area contributed by atoms with Gasteiger partial charge in [-0.2, -0.15) is 0 Å². The molecule has 0 unspecified atom stereocenters. The van der Waals surface area contributed by atoms with Gasteiger partial charge in [0.05, 0.1) is 4.92 Å². The van der Waals surface area contributed by atoms with Crippen molar-refractivity contribution in [3.63, 3.8) is 0 Å². The molecule has 0 saturated heterocycles. The zero-order valence-corrected chi connectivity index (χ0v) is 11.7. The third kappa shape index (κ3) is 3.35. The molecule has 0 aliphatic carbocycles. The standard InChI is InChI=1S/C15H15FN2O3/c1-9-7-15(13(10(2)17)8-14(9)16)21-12-5-3-11(4-6-12)18(19)20/h3-8,10H,17H2,1-2H3/t10-/m1/s1. The topological polar surface area (TPSA) is 78.4 Å². The third-order valence-corrected chi connectivity index (χ3v) is 3.06. The van der Waals surface area contributed by atoms with Crippen LogP contribution in [-0.4, -0.2) is 4.92 Å². The van der Waals surface area contributed by atoms with Gasteiger partial charge < -0.3 is 10.5 Å². The molecule has 0 bridgehead atoms. The van der Waals surface area contributed by atoms with Gasteiger partial charge in [0.2, 0.25) is 0 Å². The van der Waals surface area contributed by atoms with Gasteiger partial charge in [0.25, 0.3) is 5.69 Å². The van der Waals surface area contributed by atoms with E-state index in [9.17, 15) is 14.5 Å². The Morgan fingerprint density at radius 1 is 1.29 bits per heavy atom. The number of non-ortho nitro benzene ring substituents is 1.